The van der Waals surface area contributed by atoms with E-state index >= 15 is 0 Å². The summed E-state index contributed by atoms with van der Waals surface area (Å²) >= 11 is 0. The summed E-state index contributed by atoms with van der Waals surface area (Å²) in [5.74, 6) is 1.40. The Morgan fingerprint density at radius 2 is 1.53 bits per heavy atom. The van der Waals surface area contributed by atoms with E-state index in [1.165, 1.54) is 7.11 Å². The summed E-state index contributed by atoms with van der Waals surface area (Å²) in [5, 5.41) is 4.67. The van der Waals surface area contributed by atoms with Gasteiger partial charge < -0.3 is 34.6 Å². The monoisotopic (exact) mass is 794 g/mol. The zero-order valence-corrected chi connectivity index (χ0v) is 33.5. The van der Waals surface area contributed by atoms with Gasteiger partial charge in [-0.1, -0.05) is 85.8 Å². The van der Waals surface area contributed by atoms with E-state index in [0.29, 0.717) is 38.7 Å². The summed E-state index contributed by atoms with van der Waals surface area (Å²) in [6, 6.07) is 30.9. The van der Waals surface area contributed by atoms with Gasteiger partial charge in [0.05, 0.1) is 56.7 Å². The fourth-order valence-electron chi connectivity index (χ4n) is 8.20. The number of benzene rings is 4. The van der Waals surface area contributed by atoms with Gasteiger partial charge in [0.1, 0.15) is 24.2 Å². The Bertz CT molecular complexity index is 2390. The van der Waals surface area contributed by atoms with Crippen molar-refractivity contribution in [2.24, 2.45) is 0 Å². The van der Waals surface area contributed by atoms with Gasteiger partial charge >= 0.3 is 6.09 Å². The maximum absolute atomic E-state index is 14.3. The van der Waals surface area contributed by atoms with E-state index in [4.69, 9.17) is 9.72 Å². The Labute approximate surface area is 343 Å². The van der Waals surface area contributed by atoms with Crippen molar-refractivity contribution >= 4 is 28.7 Å². The molecule has 4 aromatic carbocycles. The SMILES string of the molecule is CCCN(Cc1ncc(-c2ccc3cc(-c4ccc(-c5cnc([C@@H]6CCCN6C(=O)C(c6ccccc6)N6CCOCC6)[nH]5)cc4)ccc3c2)[nH]1)C(=O)CNC(=O)OC. The number of morpholine rings is 1. The van der Waals surface area contributed by atoms with Gasteiger partial charge in [0.15, 0.2) is 0 Å². The fourth-order valence-corrected chi connectivity index (χ4v) is 8.20. The van der Waals surface area contributed by atoms with Crippen LogP contribution < -0.4 is 5.32 Å². The van der Waals surface area contributed by atoms with Crippen LogP contribution in [-0.2, 0) is 25.6 Å². The molecule has 3 N–H and O–H groups in total. The van der Waals surface area contributed by atoms with Crippen LogP contribution in [-0.4, -0.2) is 106 Å². The lowest BCUT2D eigenvalue weighted by atomic mass is 9.98. The first-order chi connectivity index (χ1) is 28.9. The fraction of sp³-hybridized carbons (Fsp3) is 0.326. The minimum absolute atomic E-state index is 0.105. The molecule has 1 unspecified atom stereocenters. The molecule has 2 atom stereocenters. The lowest BCUT2D eigenvalue weighted by molar-refractivity contribution is -0.140. The van der Waals surface area contributed by atoms with E-state index in [2.05, 4.69) is 103 Å². The third kappa shape index (κ3) is 8.91. The minimum Gasteiger partial charge on any atom is -0.453 e. The number of H-pyrrole nitrogens is 2. The molecule has 2 aliphatic heterocycles. The highest BCUT2D eigenvalue weighted by Crippen LogP contribution is 2.36. The van der Waals surface area contributed by atoms with Gasteiger partial charge in [-0.25, -0.2) is 14.8 Å². The van der Waals surface area contributed by atoms with Crippen molar-refractivity contribution in [1.29, 1.82) is 0 Å². The first kappa shape index (κ1) is 39.5. The van der Waals surface area contributed by atoms with Gasteiger partial charge in [-0.05, 0) is 64.4 Å². The first-order valence-corrected chi connectivity index (χ1v) is 20.4. The van der Waals surface area contributed by atoms with Gasteiger partial charge in [-0.3, -0.25) is 14.5 Å². The number of nitrogens with zero attached hydrogens (tertiary/aromatic N) is 5. The van der Waals surface area contributed by atoms with Crippen molar-refractivity contribution in [3.8, 4) is 33.6 Å². The van der Waals surface area contributed by atoms with E-state index in [9.17, 15) is 14.4 Å². The molecule has 0 aliphatic carbocycles. The van der Waals surface area contributed by atoms with Crippen molar-refractivity contribution in [2.75, 3.05) is 53.0 Å². The lowest BCUT2D eigenvalue weighted by Crippen LogP contribution is -2.47. The second kappa shape index (κ2) is 18.1. The molecule has 0 radical (unpaired) electrons. The van der Waals surface area contributed by atoms with Crippen molar-refractivity contribution in [2.45, 2.75) is 44.8 Å². The number of alkyl carbamates (subject to hydrolysis) is 1. The van der Waals surface area contributed by atoms with Crippen LogP contribution in [0.25, 0.3) is 44.4 Å². The Morgan fingerprint density at radius 1 is 0.847 bits per heavy atom. The zero-order chi connectivity index (χ0) is 40.7. The van der Waals surface area contributed by atoms with E-state index in [1.807, 2.05) is 36.2 Å². The van der Waals surface area contributed by atoms with E-state index < -0.39 is 6.09 Å². The first-order valence-electron chi connectivity index (χ1n) is 20.4. The molecule has 59 heavy (non-hydrogen) atoms. The summed E-state index contributed by atoms with van der Waals surface area (Å²) < 4.78 is 10.2. The molecular formula is C46H50N8O5. The van der Waals surface area contributed by atoms with E-state index in [0.717, 1.165) is 88.2 Å². The number of rotatable bonds is 13. The smallest absolute Gasteiger partial charge is 0.407 e. The Kier molecular flexibility index (Phi) is 12.1. The molecule has 0 saturated carbocycles. The number of aromatic amines is 2. The summed E-state index contributed by atoms with van der Waals surface area (Å²) in [6.07, 6.45) is 5.60. The standard InChI is InChI=1S/C46H50N8O5/c1-3-19-53(42(55)29-49-46(57)58-2)30-41-47-27-39(50-41)37-18-17-35-25-34(15-16-36(35)26-37)31-11-13-32(14-12-31)38-28-48-44(51-38)40-10-7-20-54(40)45(56)43(33-8-5-4-6-9-33)52-21-23-59-24-22-52/h4-6,8-9,11-18,25-28,40,43H,3,7,10,19-24,29-30H2,1-2H3,(H,47,50)(H,48,51)(H,49,57)/t40-,43?/m0/s1. The maximum Gasteiger partial charge on any atom is 0.407 e. The number of imidazole rings is 2. The molecule has 6 aromatic rings. The Hall–Kier alpha value is -6.31. The molecule has 0 spiro atoms. The largest absolute Gasteiger partial charge is 0.453 e. The summed E-state index contributed by atoms with van der Waals surface area (Å²) in [4.78, 5) is 60.8. The highest BCUT2D eigenvalue weighted by molar-refractivity contribution is 5.91. The summed E-state index contributed by atoms with van der Waals surface area (Å²) in [5.41, 5.74) is 7.04. The number of carbonyl (C=O) groups excluding carboxylic acids is 3. The number of hydrogen-bond acceptors (Lipinski definition) is 8. The van der Waals surface area contributed by atoms with Crippen LogP contribution in [0.3, 0.4) is 0 Å². The van der Waals surface area contributed by atoms with Crippen LogP contribution in [0.1, 0.15) is 55.5 Å². The van der Waals surface area contributed by atoms with Crippen molar-refractivity contribution < 1.29 is 23.9 Å². The molecule has 13 heteroatoms. The molecule has 0 bridgehead atoms. The zero-order valence-electron chi connectivity index (χ0n) is 33.5. The van der Waals surface area contributed by atoms with Gasteiger partial charge in [0.25, 0.3) is 0 Å². The molecule has 3 amide bonds. The van der Waals surface area contributed by atoms with Gasteiger partial charge in [0.2, 0.25) is 11.8 Å². The summed E-state index contributed by atoms with van der Waals surface area (Å²) in [7, 11) is 1.27. The van der Waals surface area contributed by atoms with E-state index in [-0.39, 0.29) is 30.4 Å². The minimum atomic E-state index is -0.642. The van der Waals surface area contributed by atoms with Gasteiger partial charge in [0, 0.05) is 31.7 Å². The predicted molar refractivity (Wildman–Crippen MR) is 226 cm³/mol. The maximum atomic E-state index is 14.3. The molecule has 13 nitrogen and oxygen atoms in total. The Morgan fingerprint density at radius 3 is 2.27 bits per heavy atom. The molecule has 2 fully saturated rings. The van der Waals surface area contributed by atoms with Crippen molar-refractivity contribution in [3.05, 3.63) is 121 Å². The number of hydrogen-bond donors (Lipinski definition) is 3. The van der Waals surface area contributed by atoms with Crippen molar-refractivity contribution in [3.63, 3.8) is 0 Å². The number of ether oxygens (including phenoxy) is 2. The number of nitrogens with one attached hydrogen (secondary N) is 3. The number of amides is 3. The average molecular weight is 795 g/mol. The van der Waals surface area contributed by atoms with Crippen LogP contribution in [0.15, 0.2) is 103 Å². The lowest BCUT2D eigenvalue weighted by Gasteiger charge is -2.37. The van der Waals surface area contributed by atoms with E-state index in [1.54, 1.807) is 11.1 Å². The molecule has 2 aliphatic rings. The third-order valence-corrected chi connectivity index (χ3v) is 11.3. The van der Waals surface area contributed by atoms with Gasteiger partial charge in [-0.15, -0.1) is 0 Å². The van der Waals surface area contributed by atoms with Crippen LogP contribution in [0.4, 0.5) is 4.79 Å². The number of aromatic nitrogens is 4. The molecule has 4 heterocycles. The van der Waals surface area contributed by atoms with Crippen LogP contribution in [0.5, 0.6) is 0 Å². The molecular weight excluding hydrogens is 745 g/mol. The third-order valence-electron chi connectivity index (χ3n) is 11.3. The number of carbonyl (C=O) groups is 3. The topological polar surface area (TPSA) is 149 Å². The molecule has 304 valence electrons. The highest BCUT2D eigenvalue weighted by atomic mass is 16.5. The number of methoxy groups -OCH3 is 1. The molecule has 8 rings (SSSR count). The summed E-state index contributed by atoms with van der Waals surface area (Å²) in [6.45, 7) is 6.12. The number of fused-ring (bicyclic) bond motifs is 1. The Balaban J connectivity index is 0.931. The van der Waals surface area contributed by atoms with Crippen LogP contribution >= 0.6 is 0 Å². The van der Waals surface area contributed by atoms with Crippen molar-refractivity contribution in [1.82, 2.24) is 40.0 Å². The molecule has 2 aromatic heterocycles. The number of likely N-dealkylation sites (tertiary alicyclic amines) is 1. The normalized spacial score (nSPS) is 16.2. The second-order valence-corrected chi connectivity index (χ2v) is 15.1. The predicted octanol–water partition coefficient (Wildman–Crippen LogP) is 7.12. The molecule has 2 saturated heterocycles. The van der Waals surface area contributed by atoms with Crippen LogP contribution in [0.2, 0.25) is 0 Å². The quantitative estimate of drug-likeness (QED) is 0.112. The highest BCUT2D eigenvalue weighted by Gasteiger charge is 2.39. The van der Waals surface area contributed by atoms with Crippen LogP contribution in [0, 0.1) is 0 Å². The van der Waals surface area contributed by atoms with Gasteiger partial charge in [-0.2, -0.15) is 0 Å². The average Bonchev–Trinajstić information content (AvgIpc) is 4.08. The second-order valence-electron chi connectivity index (χ2n) is 15.1.